The fourth-order valence-electron chi connectivity index (χ4n) is 1.83. The predicted octanol–water partition coefficient (Wildman–Crippen LogP) is 2.47. The normalized spacial score (nSPS) is 11.4. The van der Waals surface area contributed by atoms with E-state index in [1.54, 1.807) is 4.68 Å². The largest absolute Gasteiger partial charge is 0.382 e. The molecule has 2 heterocycles. The molecule has 0 saturated carbocycles. The average molecular weight is 277 g/mol. The second-order valence-corrected chi connectivity index (χ2v) is 4.62. The van der Waals surface area contributed by atoms with Crippen molar-refractivity contribution in [3.8, 4) is 0 Å². The van der Waals surface area contributed by atoms with Gasteiger partial charge in [0.25, 0.3) is 0 Å². The summed E-state index contributed by atoms with van der Waals surface area (Å²) in [5, 5.41) is 6.12. The van der Waals surface area contributed by atoms with E-state index >= 15 is 0 Å². The quantitative estimate of drug-likeness (QED) is 0.686. The number of nitrogens with zero attached hydrogens (tertiary/aromatic N) is 3. The molecule has 0 amide bonds. The van der Waals surface area contributed by atoms with Crippen LogP contribution in [0.25, 0.3) is 21.9 Å². The number of aryl methyl sites for hydroxylation is 1. The number of nitrogen functional groups attached to an aromatic ring is 1. The zero-order valence-corrected chi connectivity index (χ0v) is 10.2. The van der Waals surface area contributed by atoms with Crippen LogP contribution >= 0.6 is 15.9 Å². The Morgan fingerprint density at radius 1 is 1.31 bits per heavy atom. The van der Waals surface area contributed by atoms with E-state index < -0.39 is 0 Å². The zero-order chi connectivity index (χ0) is 11.3. The van der Waals surface area contributed by atoms with Gasteiger partial charge in [0.2, 0.25) is 0 Å². The van der Waals surface area contributed by atoms with Gasteiger partial charge in [-0.1, -0.05) is 22.0 Å². The molecule has 3 aromatic rings. The van der Waals surface area contributed by atoms with E-state index in [1.165, 1.54) is 0 Å². The van der Waals surface area contributed by atoms with Crippen LogP contribution < -0.4 is 5.73 Å². The summed E-state index contributed by atoms with van der Waals surface area (Å²) in [6.07, 6.45) is 0. The van der Waals surface area contributed by atoms with Crippen LogP contribution in [0.2, 0.25) is 0 Å². The summed E-state index contributed by atoms with van der Waals surface area (Å²) in [6, 6.07) is 8.01. The fraction of sp³-hybridized carbons (Fsp3) is 0.0909. The minimum atomic E-state index is 0.523. The highest BCUT2D eigenvalue weighted by Crippen LogP contribution is 2.25. The third-order valence-corrected chi connectivity index (χ3v) is 3.09. The van der Waals surface area contributed by atoms with Crippen molar-refractivity contribution in [2.75, 3.05) is 5.73 Å². The first-order valence-corrected chi connectivity index (χ1v) is 5.63. The van der Waals surface area contributed by atoms with E-state index in [0.29, 0.717) is 5.82 Å². The van der Waals surface area contributed by atoms with Gasteiger partial charge in [0, 0.05) is 16.9 Å². The van der Waals surface area contributed by atoms with E-state index in [-0.39, 0.29) is 0 Å². The summed E-state index contributed by atoms with van der Waals surface area (Å²) >= 11 is 3.43. The molecule has 0 unspecified atom stereocenters. The Kier molecular flexibility index (Phi) is 1.91. The Labute approximate surface area is 100 Å². The van der Waals surface area contributed by atoms with Crippen molar-refractivity contribution < 1.29 is 0 Å². The number of pyridine rings is 1. The molecule has 0 spiro atoms. The SMILES string of the molecule is Cn1nc(N)c2cc3ccc(Br)cc3nc21. The van der Waals surface area contributed by atoms with Crippen molar-refractivity contribution in [2.24, 2.45) is 7.05 Å². The molecule has 2 N–H and O–H groups in total. The molecule has 16 heavy (non-hydrogen) atoms. The second-order valence-electron chi connectivity index (χ2n) is 3.71. The lowest BCUT2D eigenvalue weighted by molar-refractivity contribution is 0.792. The number of fused-ring (bicyclic) bond motifs is 2. The number of nitrogens with two attached hydrogens (primary N) is 1. The summed E-state index contributed by atoms with van der Waals surface area (Å²) in [5.74, 6) is 0.523. The number of benzene rings is 1. The van der Waals surface area contributed by atoms with Gasteiger partial charge in [0.15, 0.2) is 11.5 Å². The van der Waals surface area contributed by atoms with Gasteiger partial charge in [0.05, 0.1) is 10.9 Å². The Morgan fingerprint density at radius 2 is 2.12 bits per heavy atom. The molecule has 4 nitrogen and oxygen atoms in total. The molecule has 0 aliphatic heterocycles. The van der Waals surface area contributed by atoms with Crippen molar-refractivity contribution in [2.45, 2.75) is 0 Å². The van der Waals surface area contributed by atoms with Gasteiger partial charge in [-0.25, -0.2) is 9.67 Å². The van der Waals surface area contributed by atoms with E-state index in [4.69, 9.17) is 5.73 Å². The van der Waals surface area contributed by atoms with Crippen LogP contribution in [-0.4, -0.2) is 14.8 Å². The Bertz CT molecular complexity index is 702. The van der Waals surface area contributed by atoms with Crippen molar-refractivity contribution in [1.82, 2.24) is 14.8 Å². The smallest absolute Gasteiger partial charge is 0.160 e. The molecule has 0 aliphatic carbocycles. The average Bonchev–Trinajstić information content (AvgIpc) is 2.52. The first-order valence-electron chi connectivity index (χ1n) is 4.83. The maximum atomic E-state index is 5.82. The third-order valence-electron chi connectivity index (χ3n) is 2.60. The van der Waals surface area contributed by atoms with Crippen LogP contribution in [0, 0.1) is 0 Å². The monoisotopic (exact) mass is 276 g/mol. The summed E-state index contributed by atoms with van der Waals surface area (Å²) < 4.78 is 2.72. The van der Waals surface area contributed by atoms with Gasteiger partial charge in [-0.2, -0.15) is 5.10 Å². The van der Waals surface area contributed by atoms with Gasteiger partial charge in [-0.3, -0.25) is 0 Å². The molecule has 0 fully saturated rings. The van der Waals surface area contributed by atoms with Gasteiger partial charge in [-0.05, 0) is 18.2 Å². The number of hydrogen-bond donors (Lipinski definition) is 1. The van der Waals surface area contributed by atoms with E-state index in [0.717, 1.165) is 26.4 Å². The Balaban J connectivity index is 2.51. The molecule has 3 rings (SSSR count). The number of hydrogen-bond acceptors (Lipinski definition) is 3. The van der Waals surface area contributed by atoms with Crippen LogP contribution in [-0.2, 0) is 7.05 Å². The fourth-order valence-corrected chi connectivity index (χ4v) is 2.18. The summed E-state index contributed by atoms with van der Waals surface area (Å²) in [6.45, 7) is 0. The van der Waals surface area contributed by atoms with Crippen molar-refractivity contribution in [3.63, 3.8) is 0 Å². The minimum Gasteiger partial charge on any atom is -0.382 e. The maximum Gasteiger partial charge on any atom is 0.160 e. The first-order chi connectivity index (χ1) is 7.65. The molecule has 0 saturated heterocycles. The van der Waals surface area contributed by atoms with Gasteiger partial charge < -0.3 is 5.73 Å². The molecule has 5 heteroatoms. The number of rotatable bonds is 0. The summed E-state index contributed by atoms with van der Waals surface area (Å²) in [5.41, 5.74) is 7.56. The molecule has 0 bridgehead atoms. The maximum absolute atomic E-state index is 5.82. The zero-order valence-electron chi connectivity index (χ0n) is 8.61. The molecule has 2 aromatic heterocycles. The standard InChI is InChI=1S/C11H9BrN4/c1-16-11-8(10(13)15-16)4-6-2-3-7(12)5-9(6)14-11/h2-5H,1H3,(H2,13,15). The van der Waals surface area contributed by atoms with Crippen LogP contribution in [0.4, 0.5) is 5.82 Å². The van der Waals surface area contributed by atoms with Crippen molar-refractivity contribution >= 4 is 43.7 Å². The van der Waals surface area contributed by atoms with Crippen LogP contribution in [0.1, 0.15) is 0 Å². The molecule has 1 aromatic carbocycles. The van der Waals surface area contributed by atoms with Gasteiger partial charge >= 0.3 is 0 Å². The Hall–Kier alpha value is -1.62. The van der Waals surface area contributed by atoms with Crippen LogP contribution in [0.15, 0.2) is 28.7 Å². The van der Waals surface area contributed by atoms with Gasteiger partial charge in [-0.15, -0.1) is 0 Å². The first kappa shape index (κ1) is 9.59. The summed E-state index contributed by atoms with van der Waals surface area (Å²) in [7, 11) is 1.84. The van der Waals surface area contributed by atoms with E-state index in [2.05, 4.69) is 26.0 Å². The van der Waals surface area contributed by atoms with Crippen molar-refractivity contribution in [1.29, 1.82) is 0 Å². The number of aromatic nitrogens is 3. The highest BCUT2D eigenvalue weighted by molar-refractivity contribution is 9.10. The predicted molar refractivity (Wildman–Crippen MR) is 68.1 cm³/mol. The van der Waals surface area contributed by atoms with E-state index in [1.807, 2.05) is 31.3 Å². The molecule has 0 atom stereocenters. The lowest BCUT2D eigenvalue weighted by Crippen LogP contribution is -1.92. The topological polar surface area (TPSA) is 56.7 Å². The highest BCUT2D eigenvalue weighted by Gasteiger charge is 2.08. The molecule has 0 aliphatic rings. The Morgan fingerprint density at radius 3 is 2.94 bits per heavy atom. The third kappa shape index (κ3) is 1.28. The second kappa shape index (κ2) is 3.18. The van der Waals surface area contributed by atoms with Crippen LogP contribution in [0.5, 0.6) is 0 Å². The highest BCUT2D eigenvalue weighted by atomic mass is 79.9. The molecule has 80 valence electrons. The van der Waals surface area contributed by atoms with Crippen LogP contribution in [0.3, 0.4) is 0 Å². The lowest BCUT2D eigenvalue weighted by Gasteiger charge is -1.99. The number of halogens is 1. The molecule has 0 radical (unpaired) electrons. The number of anilines is 1. The molecular formula is C11H9BrN4. The lowest BCUT2D eigenvalue weighted by atomic mass is 10.2. The minimum absolute atomic E-state index is 0.523. The summed E-state index contributed by atoms with van der Waals surface area (Å²) in [4.78, 5) is 4.55. The molecular weight excluding hydrogens is 268 g/mol. The van der Waals surface area contributed by atoms with Gasteiger partial charge in [0.1, 0.15) is 0 Å². The van der Waals surface area contributed by atoms with E-state index in [9.17, 15) is 0 Å². The van der Waals surface area contributed by atoms with Crippen molar-refractivity contribution in [3.05, 3.63) is 28.7 Å².